The Morgan fingerprint density at radius 2 is 1.78 bits per heavy atom. The van der Waals surface area contributed by atoms with Gasteiger partial charge in [0.05, 0.1) is 11.4 Å². The minimum Gasteiger partial charge on any atom is -0.353 e. The number of thioether (sulfide) groups is 1. The molecule has 2 N–H and O–H groups in total. The van der Waals surface area contributed by atoms with E-state index in [1.54, 1.807) is 12.1 Å². The molecule has 166 valence electrons. The van der Waals surface area contributed by atoms with Crippen molar-refractivity contribution in [2.75, 3.05) is 19.6 Å². The zero-order valence-corrected chi connectivity index (χ0v) is 18.7. The molecule has 1 heterocycles. The summed E-state index contributed by atoms with van der Waals surface area (Å²) >= 11 is 12.7. The highest BCUT2D eigenvalue weighted by molar-refractivity contribution is 8.18. The van der Waals surface area contributed by atoms with Crippen LogP contribution in [0.25, 0.3) is 6.08 Å². The van der Waals surface area contributed by atoms with Gasteiger partial charge < -0.3 is 10.6 Å². The van der Waals surface area contributed by atoms with Crippen molar-refractivity contribution in [3.8, 4) is 0 Å². The molecule has 0 atom stereocenters. The normalized spacial score (nSPS) is 14.7. The van der Waals surface area contributed by atoms with Gasteiger partial charge in [0.1, 0.15) is 5.82 Å². The Balaban J connectivity index is 1.48. The van der Waals surface area contributed by atoms with Crippen molar-refractivity contribution < 1.29 is 23.6 Å². The van der Waals surface area contributed by atoms with Crippen LogP contribution in [0.2, 0.25) is 10.0 Å². The first-order valence-electron chi connectivity index (χ1n) is 9.25. The van der Waals surface area contributed by atoms with Gasteiger partial charge in [-0.05, 0) is 59.8 Å². The fourth-order valence-corrected chi connectivity index (χ4v) is 4.01. The predicted octanol–water partition coefficient (Wildman–Crippen LogP) is 3.72. The molecule has 4 amide bonds. The SMILES string of the molecule is O=C(CNC(=O)c1ccc(F)cc1)NCCN1C(=O)S/C(=C\c2ccc(Cl)cc2Cl)C1=O. The van der Waals surface area contributed by atoms with E-state index in [2.05, 4.69) is 10.6 Å². The number of amides is 4. The van der Waals surface area contributed by atoms with Gasteiger partial charge in [0.15, 0.2) is 0 Å². The van der Waals surface area contributed by atoms with Gasteiger partial charge in [0.2, 0.25) is 5.91 Å². The van der Waals surface area contributed by atoms with Crippen LogP contribution in [0.1, 0.15) is 15.9 Å². The lowest BCUT2D eigenvalue weighted by Crippen LogP contribution is -2.41. The van der Waals surface area contributed by atoms with Crippen molar-refractivity contribution in [3.05, 3.63) is 74.4 Å². The van der Waals surface area contributed by atoms with E-state index in [0.717, 1.165) is 28.8 Å². The third kappa shape index (κ3) is 6.09. The quantitative estimate of drug-likeness (QED) is 0.570. The molecule has 2 aromatic carbocycles. The van der Waals surface area contributed by atoms with Gasteiger partial charge in [-0.25, -0.2) is 4.39 Å². The van der Waals surface area contributed by atoms with Gasteiger partial charge in [0.25, 0.3) is 17.1 Å². The number of halogens is 3. The van der Waals surface area contributed by atoms with Crippen LogP contribution >= 0.6 is 35.0 Å². The molecule has 0 bridgehead atoms. The second-order valence-electron chi connectivity index (χ2n) is 6.54. The maximum atomic E-state index is 12.9. The Morgan fingerprint density at radius 1 is 1.06 bits per heavy atom. The Morgan fingerprint density at radius 3 is 2.47 bits per heavy atom. The van der Waals surface area contributed by atoms with Crippen molar-refractivity contribution in [3.63, 3.8) is 0 Å². The Kier molecular flexibility index (Phi) is 7.89. The highest BCUT2D eigenvalue weighted by Crippen LogP contribution is 2.33. The summed E-state index contributed by atoms with van der Waals surface area (Å²) in [6, 6.07) is 9.66. The molecule has 0 spiro atoms. The van der Waals surface area contributed by atoms with Gasteiger partial charge in [-0.2, -0.15) is 0 Å². The van der Waals surface area contributed by atoms with Crippen LogP contribution in [0.3, 0.4) is 0 Å². The van der Waals surface area contributed by atoms with Gasteiger partial charge in [-0.15, -0.1) is 0 Å². The molecular formula is C21H16Cl2FN3O4S. The lowest BCUT2D eigenvalue weighted by molar-refractivity contribution is -0.124. The molecule has 1 aliphatic heterocycles. The zero-order valence-electron chi connectivity index (χ0n) is 16.4. The lowest BCUT2D eigenvalue weighted by atomic mass is 10.2. The number of nitrogens with zero attached hydrogens (tertiary/aromatic N) is 1. The highest BCUT2D eigenvalue weighted by atomic mass is 35.5. The van der Waals surface area contributed by atoms with Crippen molar-refractivity contribution in [2.45, 2.75) is 0 Å². The largest absolute Gasteiger partial charge is 0.353 e. The lowest BCUT2D eigenvalue weighted by Gasteiger charge is -2.13. The monoisotopic (exact) mass is 495 g/mol. The van der Waals surface area contributed by atoms with Crippen molar-refractivity contribution in [1.82, 2.24) is 15.5 Å². The third-order valence-electron chi connectivity index (χ3n) is 4.30. The molecule has 1 saturated heterocycles. The number of nitrogens with one attached hydrogen (secondary N) is 2. The molecule has 11 heteroatoms. The van der Waals surface area contributed by atoms with E-state index in [4.69, 9.17) is 23.2 Å². The van der Waals surface area contributed by atoms with Gasteiger partial charge in [0, 0.05) is 28.7 Å². The molecule has 0 radical (unpaired) electrons. The fourth-order valence-electron chi connectivity index (χ4n) is 2.69. The topological polar surface area (TPSA) is 95.6 Å². The summed E-state index contributed by atoms with van der Waals surface area (Å²) in [5.41, 5.74) is 0.761. The number of rotatable bonds is 7. The Labute approximate surface area is 196 Å². The number of hydrogen-bond acceptors (Lipinski definition) is 5. The molecule has 32 heavy (non-hydrogen) atoms. The van der Waals surface area contributed by atoms with Crippen molar-refractivity contribution in [2.24, 2.45) is 0 Å². The van der Waals surface area contributed by atoms with Crippen LogP contribution in [0, 0.1) is 5.82 Å². The molecular weight excluding hydrogens is 480 g/mol. The van der Waals surface area contributed by atoms with Gasteiger partial charge in [-0.3, -0.25) is 24.1 Å². The molecule has 1 fully saturated rings. The summed E-state index contributed by atoms with van der Waals surface area (Å²) in [7, 11) is 0. The summed E-state index contributed by atoms with van der Waals surface area (Å²) in [6.07, 6.45) is 1.51. The van der Waals surface area contributed by atoms with E-state index in [9.17, 15) is 23.6 Å². The van der Waals surface area contributed by atoms with Crippen molar-refractivity contribution in [1.29, 1.82) is 0 Å². The number of hydrogen-bond donors (Lipinski definition) is 2. The summed E-state index contributed by atoms with van der Waals surface area (Å²) in [5, 5.41) is 5.25. The average Bonchev–Trinajstić information content (AvgIpc) is 3.02. The van der Waals surface area contributed by atoms with Crippen LogP contribution in [0.15, 0.2) is 47.4 Å². The van der Waals surface area contributed by atoms with E-state index < -0.39 is 28.8 Å². The highest BCUT2D eigenvalue weighted by Gasteiger charge is 2.34. The summed E-state index contributed by atoms with van der Waals surface area (Å²) in [6.45, 7) is -0.334. The minimum absolute atomic E-state index is 0.0122. The van der Waals surface area contributed by atoms with E-state index >= 15 is 0 Å². The minimum atomic E-state index is -0.530. The first-order chi connectivity index (χ1) is 15.2. The number of benzene rings is 2. The second kappa shape index (κ2) is 10.6. The summed E-state index contributed by atoms with van der Waals surface area (Å²) in [4.78, 5) is 49.8. The number of carbonyl (C=O) groups excluding carboxylic acids is 4. The molecule has 2 aromatic rings. The van der Waals surface area contributed by atoms with Crippen molar-refractivity contribution >= 4 is 64.0 Å². The second-order valence-corrected chi connectivity index (χ2v) is 8.38. The molecule has 7 nitrogen and oxygen atoms in total. The van der Waals surface area contributed by atoms with Crippen LogP contribution in [0.5, 0.6) is 0 Å². The van der Waals surface area contributed by atoms with E-state index in [-0.39, 0.29) is 30.1 Å². The maximum Gasteiger partial charge on any atom is 0.293 e. The first-order valence-corrected chi connectivity index (χ1v) is 10.8. The summed E-state index contributed by atoms with van der Waals surface area (Å²) in [5.74, 6) is -2.00. The standard InChI is InChI=1S/C21H16Cl2FN3O4S/c22-14-4-1-13(16(23)10-14)9-17-20(30)27(21(31)32-17)8-7-25-18(28)11-26-19(29)12-2-5-15(24)6-3-12/h1-6,9-10H,7-8,11H2,(H,25,28)(H,26,29)/b17-9-. The summed E-state index contributed by atoms with van der Waals surface area (Å²) < 4.78 is 12.9. The van der Waals surface area contributed by atoms with E-state index in [1.165, 1.54) is 24.3 Å². The molecule has 0 aromatic heterocycles. The van der Waals surface area contributed by atoms with Gasteiger partial charge in [-0.1, -0.05) is 29.3 Å². The molecule has 0 aliphatic carbocycles. The Hall–Kier alpha value is -2.88. The predicted molar refractivity (Wildman–Crippen MR) is 121 cm³/mol. The molecule has 0 saturated carbocycles. The third-order valence-corrected chi connectivity index (χ3v) is 5.77. The first kappa shape index (κ1) is 23.8. The fraction of sp³-hybridized carbons (Fsp3) is 0.143. The molecule has 3 rings (SSSR count). The van der Waals surface area contributed by atoms with Crippen LogP contribution in [-0.2, 0) is 9.59 Å². The van der Waals surface area contributed by atoms with Gasteiger partial charge >= 0.3 is 0 Å². The average molecular weight is 496 g/mol. The maximum absolute atomic E-state index is 12.9. The number of carbonyl (C=O) groups is 4. The Bertz CT molecular complexity index is 1110. The van der Waals surface area contributed by atoms with Crippen LogP contribution in [0.4, 0.5) is 9.18 Å². The molecule has 1 aliphatic rings. The van der Waals surface area contributed by atoms with E-state index in [0.29, 0.717) is 15.6 Å². The van der Waals surface area contributed by atoms with E-state index in [1.807, 2.05) is 0 Å². The zero-order chi connectivity index (χ0) is 23.3. The van der Waals surface area contributed by atoms with Crippen LogP contribution < -0.4 is 10.6 Å². The molecule has 0 unspecified atom stereocenters. The van der Waals surface area contributed by atoms with Crippen LogP contribution in [-0.4, -0.2) is 47.5 Å². The smallest absolute Gasteiger partial charge is 0.293 e. The number of imide groups is 1.